The highest BCUT2D eigenvalue weighted by Crippen LogP contribution is 2.32. The minimum absolute atomic E-state index is 0.148. The third kappa shape index (κ3) is 4.14. The number of amides is 1. The number of aryl methyl sites for hydroxylation is 1. The Balaban J connectivity index is 1.44. The molecule has 1 atom stereocenters. The Hall–Kier alpha value is -4.07. The number of anilines is 2. The molecule has 0 fully saturated rings. The molecule has 1 amide bonds. The number of pyridine rings is 2. The number of aromatic nitrogens is 4. The quantitative estimate of drug-likeness (QED) is 0.470. The van der Waals surface area contributed by atoms with Crippen LogP contribution < -0.4 is 15.0 Å². The Kier molecular flexibility index (Phi) is 5.79. The van der Waals surface area contributed by atoms with E-state index in [1.807, 2.05) is 49.3 Å². The molecule has 0 bridgehead atoms. The van der Waals surface area contributed by atoms with Crippen molar-refractivity contribution in [3.05, 3.63) is 66.1 Å². The van der Waals surface area contributed by atoms with Crippen LogP contribution in [0.15, 0.2) is 54.9 Å². The van der Waals surface area contributed by atoms with Gasteiger partial charge in [-0.15, -0.1) is 0 Å². The SMILES string of the molecule is COc1ccc(NC(=O)C(C)N(C)c2nc(-c3cc4ccccc4cn3)nc3c2CCC3)cn1. The van der Waals surface area contributed by atoms with Crippen LogP contribution in [0.2, 0.25) is 0 Å². The highest BCUT2D eigenvalue weighted by Gasteiger charge is 2.27. The van der Waals surface area contributed by atoms with Crippen molar-refractivity contribution in [3.63, 3.8) is 0 Å². The number of likely N-dealkylation sites (N-methyl/N-ethyl adjacent to an activating group) is 1. The minimum atomic E-state index is -0.459. The highest BCUT2D eigenvalue weighted by molar-refractivity contribution is 5.96. The first kappa shape index (κ1) is 21.8. The molecular weight excluding hydrogens is 428 g/mol. The third-order valence-corrected chi connectivity index (χ3v) is 6.28. The van der Waals surface area contributed by atoms with Gasteiger partial charge in [-0.25, -0.2) is 15.0 Å². The summed E-state index contributed by atoms with van der Waals surface area (Å²) in [6.45, 7) is 1.86. The van der Waals surface area contributed by atoms with E-state index < -0.39 is 6.04 Å². The van der Waals surface area contributed by atoms with Gasteiger partial charge in [0.1, 0.15) is 17.6 Å². The van der Waals surface area contributed by atoms with Crippen molar-refractivity contribution in [1.82, 2.24) is 19.9 Å². The number of nitrogens with one attached hydrogen (secondary N) is 1. The summed E-state index contributed by atoms with van der Waals surface area (Å²) in [4.78, 5) is 33.4. The molecule has 1 N–H and O–H groups in total. The number of ether oxygens (including phenoxy) is 1. The van der Waals surface area contributed by atoms with Crippen molar-refractivity contribution < 1.29 is 9.53 Å². The zero-order valence-corrected chi connectivity index (χ0v) is 19.4. The molecule has 5 rings (SSSR count). The van der Waals surface area contributed by atoms with Crippen LogP contribution in [0.3, 0.4) is 0 Å². The molecule has 0 saturated heterocycles. The van der Waals surface area contributed by atoms with Gasteiger partial charge in [0.05, 0.1) is 19.0 Å². The second-order valence-corrected chi connectivity index (χ2v) is 8.43. The van der Waals surface area contributed by atoms with Crippen molar-refractivity contribution in [3.8, 4) is 17.4 Å². The first-order valence-corrected chi connectivity index (χ1v) is 11.3. The fraction of sp³-hybridized carbons (Fsp3) is 0.269. The van der Waals surface area contributed by atoms with Crippen LogP contribution in [-0.4, -0.2) is 46.0 Å². The minimum Gasteiger partial charge on any atom is -0.481 e. The number of methoxy groups -OCH3 is 1. The molecule has 0 radical (unpaired) electrons. The number of hydrogen-bond acceptors (Lipinski definition) is 7. The van der Waals surface area contributed by atoms with Crippen molar-refractivity contribution in [2.45, 2.75) is 32.2 Å². The lowest BCUT2D eigenvalue weighted by atomic mass is 10.1. The highest BCUT2D eigenvalue weighted by atomic mass is 16.5. The number of hydrogen-bond donors (Lipinski definition) is 1. The monoisotopic (exact) mass is 454 g/mol. The number of fused-ring (bicyclic) bond motifs is 2. The van der Waals surface area contributed by atoms with E-state index >= 15 is 0 Å². The summed E-state index contributed by atoms with van der Waals surface area (Å²) in [6, 6.07) is 13.1. The molecule has 1 aliphatic rings. The Bertz CT molecular complexity index is 1360. The van der Waals surface area contributed by atoms with E-state index in [0.717, 1.165) is 52.8 Å². The van der Waals surface area contributed by atoms with E-state index in [1.54, 1.807) is 25.4 Å². The number of carbonyl (C=O) groups is 1. The number of rotatable bonds is 6. The van der Waals surface area contributed by atoms with Gasteiger partial charge < -0.3 is 15.0 Å². The summed E-state index contributed by atoms with van der Waals surface area (Å²) in [5, 5.41) is 5.09. The first-order chi connectivity index (χ1) is 16.5. The van der Waals surface area contributed by atoms with Gasteiger partial charge >= 0.3 is 0 Å². The van der Waals surface area contributed by atoms with Crippen LogP contribution in [0, 0.1) is 0 Å². The molecule has 3 heterocycles. The Morgan fingerprint density at radius 1 is 1.06 bits per heavy atom. The van der Waals surface area contributed by atoms with E-state index in [4.69, 9.17) is 14.7 Å². The summed E-state index contributed by atoms with van der Waals surface area (Å²) in [5.74, 6) is 1.71. The molecule has 0 aliphatic heterocycles. The summed E-state index contributed by atoms with van der Waals surface area (Å²) in [7, 11) is 3.45. The maximum atomic E-state index is 13.0. The van der Waals surface area contributed by atoms with E-state index in [9.17, 15) is 4.79 Å². The lowest BCUT2D eigenvalue weighted by Gasteiger charge is -2.27. The number of benzene rings is 1. The van der Waals surface area contributed by atoms with Gasteiger partial charge in [-0.2, -0.15) is 0 Å². The normalized spacial score (nSPS) is 13.4. The summed E-state index contributed by atoms with van der Waals surface area (Å²) in [5.41, 5.74) is 3.48. The van der Waals surface area contributed by atoms with Crippen molar-refractivity contribution in [2.24, 2.45) is 0 Å². The molecule has 1 unspecified atom stereocenters. The molecule has 0 spiro atoms. The number of carbonyl (C=O) groups excluding carboxylic acids is 1. The molecule has 172 valence electrons. The maximum Gasteiger partial charge on any atom is 0.246 e. The van der Waals surface area contributed by atoms with Crippen LogP contribution in [-0.2, 0) is 17.6 Å². The molecule has 1 aliphatic carbocycles. The van der Waals surface area contributed by atoms with Gasteiger partial charge in [0.15, 0.2) is 5.82 Å². The number of nitrogens with zero attached hydrogens (tertiary/aromatic N) is 5. The van der Waals surface area contributed by atoms with Gasteiger partial charge in [-0.3, -0.25) is 9.78 Å². The molecule has 3 aromatic heterocycles. The van der Waals surface area contributed by atoms with Crippen LogP contribution in [0.5, 0.6) is 5.88 Å². The summed E-state index contributed by atoms with van der Waals surface area (Å²) < 4.78 is 5.08. The zero-order chi connectivity index (χ0) is 23.7. The maximum absolute atomic E-state index is 13.0. The van der Waals surface area contributed by atoms with E-state index in [2.05, 4.69) is 21.4 Å². The van der Waals surface area contributed by atoms with Gasteiger partial charge in [0, 0.05) is 36.0 Å². The van der Waals surface area contributed by atoms with Gasteiger partial charge in [-0.05, 0) is 43.7 Å². The van der Waals surface area contributed by atoms with Crippen LogP contribution in [0.1, 0.15) is 24.6 Å². The average molecular weight is 455 g/mol. The predicted molar refractivity (Wildman–Crippen MR) is 132 cm³/mol. The van der Waals surface area contributed by atoms with Crippen LogP contribution in [0.4, 0.5) is 11.5 Å². The van der Waals surface area contributed by atoms with Gasteiger partial charge in [0.25, 0.3) is 0 Å². The smallest absolute Gasteiger partial charge is 0.246 e. The molecule has 4 aromatic rings. The van der Waals surface area contributed by atoms with Crippen LogP contribution >= 0.6 is 0 Å². The zero-order valence-electron chi connectivity index (χ0n) is 19.4. The Morgan fingerprint density at radius 3 is 2.65 bits per heavy atom. The molecule has 8 nitrogen and oxygen atoms in total. The van der Waals surface area contributed by atoms with Gasteiger partial charge in [-0.1, -0.05) is 24.3 Å². The fourth-order valence-corrected chi connectivity index (χ4v) is 4.21. The third-order valence-electron chi connectivity index (χ3n) is 6.28. The van der Waals surface area contributed by atoms with E-state index in [1.165, 1.54) is 0 Å². The van der Waals surface area contributed by atoms with Gasteiger partial charge in [0.2, 0.25) is 11.8 Å². The Morgan fingerprint density at radius 2 is 1.88 bits per heavy atom. The van der Waals surface area contributed by atoms with Crippen molar-refractivity contribution >= 4 is 28.2 Å². The molecule has 0 saturated carbocycles. The first-order valence-electron chi connectivity index (χ1n) is 11.3. The summed E-state index contributed by atoms with van der Waals surface area (Å²) >= 11 is 0. The molecule has 1 aromatic carbocycles. The largest absolute Gasteiger partial charge is 0.481 e. The average Bonchev–Trinajstić information content (AvgIpc) is 3.36. The molecule has 34 heavy (non-hydrogen) atoms. The van der Waals surface area contributed by atoms with E-state index in [-0.39, 0.29) is 5.91 Å². The van der Waals surface area contributed by atoms with Crippen molar-refractivity contribution in [2.75, 3.05) is 24.4 Å². The summed E-state index contributed by atoms with van der Waals surface area (Å²) in [6.07, 6.45) is 6.25. The molecular formula is C26H26N6O2. The van der Waals surface area contributed by atoms with E-state index in [0.29, 0.717) is 17.4 Å². The Labute approximate surface area is 198 Å². The second-order valence-electron chi connectivity index (χ2n) is 8.43. The topological polar surface area (TPSA) is 93.1 Å². The standard InChI is InChI=1S/C26H26N6O2/c1-16(26(33)29-19-11-12-23(34-3)28-15-19)32(2)25-20-9-6-10-21(20)30-24(31-25)22-13-17-7-4-5-8-18(17)14-27-22/h4-5,7-8,11-16H,6,9-10H2,1-3H3,(H,29,33). The second kappa shape index (κ2) is 9.05. The van der Waals surface area contributed by atoms with Crippen molar-refractivity contribution in [1.29, 1.82) is 0 Å². The molecule has 8 heteroatoms. The lowest BCUT2D eigenvalue weighted by Crippen LogP contribution is -2.40. The predicted octanol–water partition coefficient (Wildman–Crippen LogP) is 4.05. The lowest BCUT2D eigenvalue weighted by molar-refractivity contribution is -0.117. The fourth-order valence-electron chi connectivity index (χ4n) is 4.21. The van der Waals surface area contributed by atoms with Crippen LogP contribution in [0.25, 0.3) is 22.3 Å².